The molecule has 0 atom stereocenters. The van der Waals surface area contributed by atoms with Crippen molar-refractivity contribution in [3.8, 4) is 0 Å². The Morgan fingerprint density at radius 2 is 1.89 bits per heavy atom. The Labute approximate surface area is 162 Å². The number of carbonyl (C=O) groups excluding carboxylic acids is 2. The van der Waals surface area contributed by atoms with Crippen LogP contribution >= 0.6 is 11.6 Å². The zero-order valence-corrected chi connectivity index (χ0v) is 16.9. The third-order valence-corrected chi connectivity index (χ3v) is 6.67. The molecule has 0 aliphatic carbocycles. The van der Waals surface area contributed by atoms with Gasteiger partial charge in [-0.25, -0.2) is 17.6 Å². The van der Waals surface area contributed by atoms with Gasteiger partial charge in [0.25, 0.3) is 0 Å². The van der Waals surface area contributed by atoms with Crippen LogP contribution in [-0.4, -0.2) is 50.3 Å². The molecule has 1 fully saturated rings. The summed E-state index contributed by atoms with van der Waals surface area (Å²) in [5, 5.41) is 2.37. The fourth-order valence-electron chi connectivity index (χ4n) is 2.86. The molecule has 1 aromatic carbocycles. The van der Waals surface area contributed by atoms with Crippen molar-refractivity contribution in [3.05, 3.63) is 29.0 Å². The van der Waals surface area contributed by atoms with Crippen LogP contribution in [0.2, 0.25) is 5.02 Å². The van der Waals surface area contributed by atoms with Crippen LogP contribution in [0.4, 0.5) is 4.39 Å². The molecule has 1 aromatic rings. The third kappa shape index (κ3) is 4.77. The number of hydrogen-bond donors (Lipinski definition) is 1. The highest BCUT2D eigenvalue weighted by Gasteiger charge is 2.36. The minimum absolute atomic E-state index is 0.0939. The molecule has 10 heteroatoms. The Morgan fingerprint density at radius 3 is 2.41 bits per heavy atom. The molecular weight excluding hydrogens is 399 g/mol. The minimum Gasteiger partial charge on any atom is -0.467 e. The van der Waals surface area contributed by atoms with Gasteiger partial charge in [0, 0.05) is 19.0 Å². The first-order chi connectivity index (χ1) is 12.5. The van der Waals surface area contributed by atoms with Crippen LogP contribution in [0.3, 0.4) is 0 Å². The van der Waals surface area contributed by atoms with Crippen LogP contribution in [0.1, 0.15) is 26.7 Å². The van der Waals surface area contributed by atoms with E-state index < -0.39 is 33.3 Å². The van der Waals surface area contributed by atoms with Crippen LogP contribution in [0.5, 0.6) is 0 Å². The topological polar surface area (TPSA) is 92.8 Å². The maximum absolute atomic E-state index is 13.3. The average molecular weight is 421 g/mol. The average Bonchev–Trinajstić information content (AvgIpc) is 2.62. The van der Waals surface area contributed by atoms with Crippen molar-refractivity contribution in [2.75, 3.05) is 20.2 Å². The van der Waals surface area contributed by atoms with E-state index in [0.29, 0.717) is 12.8 Å². The Hall–Kier alpha value is -1.71. The molecule has 0 radical (unpaired) electrons. The van der Waals surface area contributed by atoms with Gasteiger partial charge in [0.1, 0.15) is 11.4 Å². The SMILES string of the molecule is COC(=O)C(C)(C)NC(=O)C1CCN(S(=O)(=O)c2ccc(F)c(Cl)c2)CC1. The molecule has 1 aliphatic heterocycles. The second kappa shape index (κ2) is 8.12. The molecule has 0 unspecified atom stereocenters. The summed E-state index contributed by atoms with van der Waals surface area (Å²) in [6, 6.07) is 3.24. The molecule has 1 saturated heterocycles. The summed E-state index contributed by atoms with van der Waals surface area (Å²) in [5.74, 6) is -2.01. The van der Waals surface area contributed by atoms with E-state index in [9.17, 15) is 22.4 Å². The van der Waals surface area contributed by atoms with E-state index in [1.165, 1.54) is 25.3 Å². The maximum Gasteiger partial charge on any atom is 0.330 e. The molecule has 0 aromatic heterocycles. The quantitative estimate of drug-likeness (QED) is 0.735. The van der Waals surface area contributed by atoms with Crippen LogP contribution < -0.4 is 5.32 Å². The van der Waals surface area contributed by atoms with Gasteiger partial charge in [-0.05, 0) is 44.9 Å². The van der Waals surface area contributed by atoms with Crippen LogP contribution in [0.15, 0.2) is 23.1 Å². The van der Waals surface area contributed by atoms with Crippen LogP contribution in [0, 0.1) is 11.7 Å². The number of nitrogens with zero attached hydrogens (tertiary/aromatic N) is 1. The summed E-state index contributed by atoms with van der Waals surface area (Å²) in [6.45, 7) is 3.34. The number of esters is 1. The first kappa shape index (κ1) is 21.6. The summed E-state index contributed by atoms with van der Waals surface area (Å²) in [4.78, 5) is 24.0. The summed E-state index contributed by atoms with van der Waals surface area (Å²) in [6.07, 6.45) is 0.606. The summed E-state index contributed by atoms with van der Waals surface area (Å²) in [5.41, 5.74) is -1.17. The van der Waals surface area contributed by atoms with Crippen molar-refractivity contribution >= 4 is 33.5 Å². The smallest absolute Gasteiger partial charge is 0.330 e. The number of sulfonamides is 1. The van der Waals surface area contributed by atoms with Crippen molar-refractivity contribution in [2.24, 2.45) is 5.92 Å². The summed E-state index contributed by atoms with van der Waals surface area (Å²) >= 11 is 5.67. The zero-order chi connectivity index (χ0) is 20.4. The van der Waals surface area contributed by atoms with Gasteiger partial charge >= 0.3 is 5.97 Å². The molecule has 0 saturated carbocycles. The first-order valence-corrected chi connectivity index (χ1v) is 10.2. The summed E-state index contributed by atoms with van der Waals surface area (Å²) in [7, 11) is -2.59. The van der Waals surface area contributed by atoms with Gasteiger partial charge < -0.3 is 10.1 Å². The number of rotatable bonds is 5. The Morgan fingerprint density at radius 1 is 1.30 bits per heavy atom. The normalized spacial score (nSPS) is 16.8. The fraction of sp³-hybridized carbons (Fsp3) is 0.529. The maximum atomic E-state index is 13.3. The van der Waals surface area contributed by atoms with Crippen LogP contribution in [-0.2, 0) is 24.3 Å². The van der Waals surface area contributed by atoms with E-state index >= 15 is 0 Å². The molecule has 1 heterocycles. The molecule has 1 amide bonds. The molecular formula is C17H22ClFN2O5S. The van der Waals surface area contributed by atoms with Gasteiger partial charge in [-0.1, -0.05) is 11.6 Å². The molecule has 1 aliphatic rings. The number of amides is 1. The highest BCUT2D eigenvalue weighted by Crippen LogP contribution is 2.27. The molecule has 27 heavy (non-hydrogen) atoms. The predicted molar refractivity (Wildman–Crippen MR) is 97.1 cm³/mol. The van der Waals surface area contributed by atoms with E-state index in [1.54, 1.807) is 0 Å². The van der Waals surface area contributed by atoms with Crippen LogP contribution in [0.25, 0.3) is 0 Å². The standard InChI is InChI=1S/C17H22ClFN2O5S/c1-17(2,16(23)26-3)20-15(22)11-6-8-21(9-7-11)27(24,25)12-4-5-14(19)13(18)10-12/h4-5,10-11H,6-9H2,1-3H3,(H,20,22). The van der Waals surface area contributed by atoms with Crippen molar-refractivity contribution in [1.29, 1.82) is 0 Å². The molecule has 150 valence electrons. The highest BCUT2D eigenvalue weighted by molar-refractivity contribution is 7.89. The Balaban J connectivity index is 2.03. The van der Waals surface area contributed by atoms with Gasteiger partial charge in [-0.15, -0.1) is 0 Å². The number of hydrogen-bond acceptors (Lipinski definition) is 5. The second-order valence-electron chi connectivity index (χ2n) is 6.86. The lowest BCUT2D eigenvalue weighted by atomic mass is 9.95. The van der Waals surface area contributed by atoms with Gasteiger partial charge in [0.2, 0.25) is 15.9 Å². The lowest BCUT2D eigenvalue weighted by Gasteiger charge is -2.32. The summed E-state index contributed by atoms with van der Waals surface area (Å²) < 4.78 is 44.5. The first-order valence-electron chi connectivity index (χ1n) is 8.34. The third-order valence-electron chi connectivity index (χ3n) is 4.48. The Kier molecular flexibility index (Phi) is 6.49. The fourth-order valence-corrected chi connectivity index (χ4v) is 4.60. The number of ether oxygens (including phenoxy) is 1. The second-order valence-corrected chi connectivity index (χ2v) is 9.21. The number of benzene rings is 1. The lowest BCUT2D eigenvalue weighted by Crippen LogP contribution is -2.53. The van der Waals surface area contributed by atoms with Gasteiger partial charge in [0.05, 0.1) is 17.0 Å². The minimum atomic E-state index is -3.83. The number of piperidine rings is 1. The van der Waals surface area contributed by atoms with Crippen molar-refractivity contribution in [2.45, 2.75) is 37.1 Å². The number of methoxy groups -OCH3 is 1. The van der Waals surface area contributed by atoms with E-state index in [0.717, 1.165) is 18.2 Å². The zero-order valence-electron chi connectivity index (χ0n) is 15.3. The van der Waals surface area contributed by atoms with Crippen molar-refractivity contribution in [1.82, 2.24) is 9.62 Å². The van der Waals surface area contributed by atoms with Crippen molar-refractivity contribution < 1.29 is 27.1 Å². The molecule has 0 bridgehead atoms. The number of carbonyl (C=O) groups is 2. The van der Waals surface area contributed by atoms with E-state index in [4.69, 9.17) is 11.6 Å². The van der Waals surface area contributed by atoms with Crippen molar-refractivity contribution in [3.63, 3.8) is 0 Å². The monoisotopic (exact) mass is 420 g/mol. The highest BCUT2D eigenvalue weighted by atomic mass is 35.5. The van der Waals surface area contributed by atoms with Gasteiger partial charge in [0.15, 0.2) is 0 Å². The number of nitrogens with one attached hydrogen (secondary N) is 1. The van der Waals surface area contributed by atoms with E-state index in [-0.39, 0.29) is 28.9 Å². The molecule has 0 spiro atoms. The largest absolute Gasteiger partial charge is 0.467 e. The predicted octanol–water partition coefficient (Wildman–Crippen LogP) is 1.95. The van der Waals surface area contributed by atoms with Gasteiger partial charge in [-0.3, -0.25) is 4.79 Å². The molecule has 1 N–H and O–H groups in total. The Bertz CT molecular complexity index is 836. The van der Waals surface area contributed by atoms with Gasteiger partial charge in [-0.2, -0.15) is 4.31 Å². The van der Waals surface area contributed by atoms with E-state index in [1.807, 2.05) is 0 Å². The molecule has 2 rings (SSSR count). The molecule has 7 nitrogen and oxygen atoms in total. The number of halogens is 2. The van der Waals surface area contributed by atoms with E-state index in [2.05, 4.69) is 10.1 Å². The lowest BCUT2D eigenvalue weighted by molar-refractivity contribution is -0.150.